The monoisotopic (exact) mass is 292 g/mol. The molecule has 5 nitrogen and oxygen atoms in total. The number of pyridine rings is 1. The molecule has 0 aliphatic heterocycles. The van der Waals surface area contributed by atoms with Crippen LogP contribution < -0.4 is 5.32 Å². The van der Waals surface area contributed by atoms with Gasteiger partial charge in [0.25, 0.3) is 0 Å². The molecule has 1 aromatic carbocycles. The molecule has 2 heterocycles. The number of nitrogens with zero attached hydrogens (tertiary/aromatic N) is 3. The molecule has 0 unspecified atom stereocenters. The second-order valence-corrected chi connectivity index (χ2v) is 4.82. The molecular formula is C17H16N4O. The topological polar surface area (TPSA) is 70.9 Å². The zero-order chi connectivity index (χ0) is 15.2. The van der Waals surface area contributed by atoms with Gasteiger partial charge in [0.05, 0.1) is 6.61 Å². The molecular weight excluding hydrogens is 276 g/mol. The van der Waals surface area contributed by atoms with Crippen molar-refractivity contribution < 1.29 is 5.11 Å². The number of nitrogens with one attached hydrogen (secondary N) is 1. The van der Waals surface area contributed by atoms with Crippen LogP contribution in [-0.2, 0) is 13.2 Å². The van der Waals surface area contributed by atoms with Gasteiger partial charge in [-0.15, -0.1) is 0 Å². The van der Waals surface area contributed by atoms with Crippen LogP contribution in [0.2, 0.25) is 0 Å². The molecule has 2 N–H and O–H groups in total. The van der Waals surface area contributed by atoms with Crippen LogP contribution in [0.25, 0.3) is 11.3 Å². The molecule has 0 aliphatic rings. The van der Waals surface area contributed by atoms with E-state index in [1.54, 1.807) is 24.8 Å². The number of hydrogen-bond acceptors (Lipinski definition) is 5. The van der Waals surface area contributed by atoms with Crippen molar-refractivity contribution in [3.05, 3.63) is 72.3 Å². The van der Waals surface area contributed by atoms with E-state index in [9.17, 15) is 5.11 Å². The van der Waals surface area contributed by atoms with Gasteiger partial charge in [-0.3, -0.25) is 9.97 Å². The number of hydrogen-bond donors (Lipinski definition) is 2. The normalized spacial score (nSPS) is 10.4. The Kier molecular flexibility index (Phi) is 4.36. The molecule has 0 fully saturated rings. The highest BCUT2D eigenvalue weighted by atomic mass is 16.3. The standard InChI is InChI=1S/C17H16N4O/c22-12-14-2-1-3-15(10-14)16-17(20-9-8-19-16)21-11-13-4-6-18-7-5-13/h1-10,22H,11-12H2,(H,20,21). The van der Waals surface area contributed by atoms with E-state index in [4.69, 9.17) is 0 Å². The third-order valence-electron chi connectivity index (χ3n) is 3.29. The van der Waals surface area contributed by atoms with E-state index < -0.39 is 0 Å². The van der Waals surface area contributed by atoms with Crippen LogP contribution in [-0.4, -0.2) is 20.1 Å². The average Bonchev–Trinajstić information content (AvgIpc) is 2.61. The summed E-state index contributed by atoms with van der Waals surface area (Å²) in [5.74, 6) is 0.717. The Bertz CT molecular complexity index is 746. The van der Waals surface area contributed by atoms with Gasteiger partial charge in [0.2, 0.25) is 0 Å². The molecule has 2 aromatic heterocycles. The molecule has 5 heteroatoms. The van der Waals surface area contributed by atoms with E-state index in [-0.39, 0.29) is 6.61 Å². The Morgan fingerprint density at radius 3 is 2.55 bits per heavy atom. The van der Waals surface area contributed by atoms with Crippen molar-refractivity contribution in [3.8, 4) is 11.3 Å². The summed E-state index contributed by atoms with van der Waals surface area (Å²) in [6.07, 6.45) is 6.85. The third kappa shape index (κ3) is 3.27. The lowest BCUT2D eigenvalue weighted by Crippen LogP contribution is -2.04. The molecule has 110 valence electrons. The fourth-order valence-electron chi connectivity index (χ4n) is 2.18. The summed E-state index contributed by atoms with van der Waals surface area (Å²) in [5.41, 5.74) is 3.67. The molecule has 3 rings (SSSR count). The Hall–Kier alpha value is -2.79. The number of aromatic nitrogens is 3. The molecule has 0 radical (unpaired) electrons. The van der Waals surface area contributed by atoms with Gasteiger partial charge in [0.15, 0.2) is 5.82 Å². The molecule has 0 amide bonds. The highest BCUT2D eigenvalue weighted by molar-refractivity contribution is 5.71. The zero-order valence-electron chi connectivity index (χ0n) is 12.0. The van der Waals surface area contributed by atoms with Gasteiger partial charge < -0.3 is 10.4 Å². The highest BCUT2D eigenvalue weighted by Gasteiger charge is 2.08. The molecule has 0 bridgehead atoms. The van der Waals surface area contributed by atoms with Crippen molar-refractivity contribution in [2.75, 3.05) is 5.32 Å². The smallest absolute Gasteiger partial charge is 0.152 e. The van der Waals surface area contributed by atoms with Crippen molar-refractivity contribution in [2.24, 2.45) is 0 Å². The van der Waals surface area contributed by atoms with Crippen LogP contribution in [0, 0.1) is 0 Å². The van der Waals surface area contributed by atoms with Gasteiger partial charge in [0, 0.05) is 36.9 Å². The summed E-state index contributed by atoms with van der Waals surface area (Å²) in [7, 11) is 0. The number of rotatable bonds is 5. The van der Waals surface area contributed by atoms with E-state index in [1.807, 2.05) is 36.4 Å². The Morgan fingerprint density at radius 2 is 1.73 bits per heavy atom. The number of aliphatic hydroxyl groups is 1. The molecule has 22 heavy (non-hydrogen) atoms. The average molecular weight is 292 g/mol. The van der Waals surface area contributed by atoms with E-state index >= 15 is 0 Å². The molecule has 0 saturated heterocycles. The molecule has 0 spiro atoms. The summed E-state index contributed by atoms with van der Waals surface area (Å²) in [5, 5.41) is 12.6. The van der Waals surface area contributed by atoms with Crippen LogP contribution in [0.3, 0.4) is 0 Å². The van der Waals surface area contributed by atoms with Crippen molar-refractivity contribution in [1.82, 2.24) is 15.0 Å². The first-order chi connectivity index (χ1) is 10.9. The minimum atomic E-state index is 0.00782. The van der Waals surface area contributed by atoms with Crippen molar-refractivity contribution >= 4 is 5.82 Å². The first kappa shape index (κ1) is 14.2. The number of anilines is 1. The highest BCUT2D eigenvalue weighted by Crippen LogP contribution is 2.24. The van der Waals surface area contributed by atoms with Crippen LogP contribution in [0.4, 0.5) is 5.82 Å². The lowest BCUT2D eigenvalue weighted by molar-refractivity contribution is 0.282. The number of benzene rings is 1. The Balaban J connectivity index is 1.86. The summed E-state index contributed by atoms with van der Waals surface area (Å²) < 4.78 is 0. The van der Waals surface area contributed by atoms with Crippen molar-refractivity contribution in [1.29, 1.82) is 0 Å². The SMILES string of the molecule is OCc1cccc(-c2nccnc2NCc2ccncc2)c1. The van der Waals surface area contributed by atoms with Gasteiger partial charge in [-0.05, 0) is 29.3 Å². The van der Waals surface area contributed by atoms with Gasteiger partial charge in [-0.1, -0.05) is 18.2 Å². The second-order valence-electron chi connectivity index (χ2n) is 4.82. The third-order valence-corrected chi connectivity index (χ3v) is 3.29. The van der Waals surface area contributed by atoms with Gasteiger partial charge in [0.1, 0.15) is 5.69 Å². The van der Waals surface area contributed by atoms with E-state index in [2.05, 4.69) is 20.3 Å². The molecule has 0 saturated carbocycles. The maximum Gasteiger partial charge on any atom is 0.152 e. The predicted octanol–water partition coefficient (Wildman–Crippen LogP) is 2.64. The molecule has 3 aromatic rings. The Labute approximate surface area is 128 Å². The summed E-state index contributed by atoms with van der Waals surface area (Å²) in [4.78, 5) is 12.8. The van der Waals surface area contributed by atoms with Crippen LogP contribution in [0.15, 0.2) is 61.2 Å². The fraction of sp³-hybridized carbons (Fsp3) is 0.118. The largest absolute Gasteiger partial charge is 0.392 e. The van der Waals surface area contributed by atoms with Crippen LogP contribution in [0.1, 0.15) is 11.1 Å². The van der Waals surface area contributed by atoms with Crippen molar-refractivity contribution in [3.63, 3.8) is 0 Å². The van der Waals surface area contributed by atoms with E-state index in [1.165, 1.54) is 0 Å². The quantitative estimate of drug-likeness (QED) is 0.756. The molecule has 0 aliphatic carbocycles. The van der Waals surface area contributed by atoms with Crippen molar-refractivity contribution in [2.45, 2.75) is 13.2 Å². The summed E-state index contributed by atoms with van der Waals surface area (Å²) >= 11 is 0. The lowest BCUT2D eigenvalue weighted by Gasteiger charge is -2.10. The van der Waals surface area contributed by atoms with E-state index in [0.29, 0.717) is 6.54 Å². The molecule has 0 atom stereocenters. The summed E-state index contributed by atoms with van der Waals surface area (Å²) in [6, 6.07) is 11.6. The predicted molar refractivity (Wildman–Crippen MR) is 85.0 cm³/mol. The first-order valence-electron chi connectivity index (χ1n) is 7.01. The van der Waals surface area contributed by atoms with Gasteiger partial charge in [-0.2, -0.15) is 0 Å². The number of aliphatic hydroxyl groups excluding tert-OH is 1. The second kappa shape index (κ2) is 6.78. The van der Waals surface area contributed by atoms with Crippen LogP contribution >= 0.6 is 0 Å². The first-order valence-corrected chi connectivity index (χ1v) is 7.01. The van der Waals surface area contributed by atoms with Gasteiger partial charge >= 0.3 is 0 Å². The Morgan fingerprint density at radius 1 is 0.909 bits per heavy atom. The fourth-order valence-corrected chi connectivity index (χ4v) is 2.18. The minimum Gasteiger partial charge on any atom is -0.392 e. The lowest BCUT2D eigenvalue weighted by atomic mass is 10.1. The minimum absolute atomic E-state index is 0.00782. The summed E-state index contributed by atoms with van der Waals surface area (Å²) in [6.45, 7) is 0.655. The zero-order valence-corrected chi connectivity index (χ0v) is 12.0. The maximum absolute atomic E-state index is 9.27. The van der Waals surface area contributed by atoms with E-state index in [0.717, 1.165) is 28.2 Å². The maximum atomic E-state index is 9.27. The van der Waals surface area contributed by atoms with Gasteiger partial charge in [-0.25, -0.2) is 4.98 Å². The van der Waals surface area contributed by atoms with Crippen LogP contribution in [0.5, 0.6) is 0 Å².